The van der Waals surface area contributed by atoms with E-state index in [1.165, 1.54) is 0 Å². The van der Waals surface area contributed by atoms with Gasteiger partial charge in [-0.25, -0.2) is 4.79 Å². The molecule has 0 aromatic carbocycles. The van der Waals surface area contributed by atoms with E-state index in [1.807, 2.05) is 20.8 Å². The third-order valence-corrected chi connectivity index (χ3v) is 4.10. The maximum absolute atomic E-state index is 11.7. The average molecular weight is 272 g/mol. The molecular formula is C13H20O6. The molecule has 0 radical (unpaired) electrons. The molecule has 0 aromatic heterocycles. The van der Waals surface area contributed by atoms with Crippen molar-refractivity contribution in [3.63, 3.8) is 0 Å². The van der Waals surface area contributed by atoms with Crippen LogP contribution in [0.15, 0.2) is 0 Å². The van der Waals surface area contributed by atoms with Crippen LogP contribution in [0.2, 0.25) is 0 Å². The summed E-state index contributed by atoms with van der Waals surface area (Å²) in [4.78, 5) is 11.7. The molecule has 0 aliphatic carbocycles. The van der Waals surface area contributed by atoms with Crippen LogP contribution in [0.3, 0.4) is 0 Å². The van der Waals surface area contributed by atoms with E-state index in [-0.39, 0.29) is 12.1 Å². The number of rotatable bonds is 4. The molecule has 0 N–H and O–H groups in total. The maximum Gasteiger partial charge on any atom is 0.338 e. The summed E-state index contributed by atoms with van der Waals surface area (Å²) in [5, 5.41) is 0. The zero-order chi connectivity index (χ0) is 13.6. The molecule has 0 aromatic rings. The van der Waals surface area contributed by atoms with Crippen molar-refractivity contribution in [1.29, 1.82) is 0 Å². The molecule has 3 fully saturated rings. The SMILES string of the molecule is CCOC1C(=O)OC2C3OC(CC)(CC)OC3OC12. The minimum absolute atomic E-state index is 0.348. The predicted octanol–water partition coefficient (Wildman–Crippen LogP) is 0.973. The van der Waals surface area contributed by atoms with Crippen molar-refractivity contribution < 1.29 is 28.5 Å². The lowest BCUT2D eigenvalue weighted by Gasteiger charge is -2.27. The highest BCUT2D eigenvalue weighted by molar-refractivity contribution is 5.78. The molecule has 3 heterocycles. The lowest BCUT2D eigenvalue weighted by Crippen LogP contribution is -2.38. The van der Waals surface area contributed by atoms with Gasteiger partial charge >= 0.3 is 5.97 Å². The highest BCUT2D eigenvalue weighted by atomic mass is 16.9. The Bertz CT molecular complexity index is 366. The summed E-state index contributed by atoms with van der Waals surface area (Å²) in [6, 6.07) is 0. The molecule has 5 unspecified atom stereocenters. The van der Waals surface area contributed by atoms with E-state index in [9.17, 15) is 4.79 Å². The van der Waals surface area contributed by atoms with Gasteiger partial charge < -0.3 is 23.7 Å². The maximum atomic E-state index is 11.7. The smallest absolute Gasteiger partial charge is 0.338 e. The van der Waals surface area contributed by atoms with Crippen molar-refractivity contribution in [2.45, 2.75) is 70.1 Å². The van der Waals surface area contributed by atoms with Gasteiger partial charge in [0.1, 0.15) is 6.10 Å². The van der Waals surface area contributed by atoms with Crippen molar-refractivity contribution in [2.24, 2.45) is 0 Å². The molecule has 3 aliphatic heterocycles. The Kier molecular flexibility index (Phi) is 3.29. The molecule has 108 valence electrons. The quantitative estimate of drug-likeness (QED) is 0.711. The monoisotopic (exact) mass is 272 g/mol. The van der Waals surface area contributed by atoms with Gasteiger partial charge in [0.05, 0.1) is 0 Å². The van der Waals surface area contributed by atoms with Crippen LogP contribution in [0.25, 0.3) is 0 Å². The fraction of sp³-hybridized carbons (Fsp3) is 0.923. The first-order valence-electron chi connectivity index (χ1n) is 6.97. The van der Waals surface area contributed by atoms with Crippen molar-refractivity contribution in [3.05, 3.63) is 0 Å². The number of carbonyl (C=O) groups excluding carboxylic acids is 1. The number of ether oxygens (including phenoxy) is 5. The number of hydrogen-bond acceptors (Lipinski definition) is 6. The molecule has 19 heavy (non-hydrogen) atoms. The second kappa shape index (κ2) is 4.70. The lowest BCUT2D eigenvalue weighted by molar-refractivity contribution is -0.236. The summed E-state index contributed by atoms with van der Waals surface area (Å²) in [7, 11) is 0. The third-order valence-electron chi connectivity index (χ3n) is 4.10. The fourth-order valence-corrected chi connectivity index (χ4v) is 3.00. The summed E-state index contributed by atoms with van der Waals surface area (Å²) in [5.41, 5.74) is 0. The first kappa shape index (κ1) is 13.3. The summed E-state index contributed by atoms with van der Waals surface area (Å²) in [6.45, 7) is 6.29. The molecule has 0 spiro atoms. The van der Waals surface area contributed by atoms with E-state index >= 15 is 0 Å². The summed E-state index contributed by atoms with van der Waals surface area (Å²) in [5.74, 6) is -0.986. The minimum Gasteiger partial charge on any atom is -0.454 e. The van der Waals surface area contributed by atoms with E-state index in [4.69, 9.17) is 23.7 Å². The highest BCUT2D eigenvalue weighted by Gasteiger charge is 2.64. The first-order valence-corrected chi connectivity index (χ1v) is 6.97. The average Bonchev–Trinajstić information content (AvgIpc) is 3.01. The molecule has 0 amide bonds. The lowest BCUT2D eigenvalue weighted by atomic mass is 10.1. The van der Waals surface area contributed by atoms with Crippen LogP contribution in [0, 0.1) is 0 Å². The van der Waals surface area contributed by atoms with Gasteiger partial charge in [0.15, 0.2) is 30.4 Å². The first-order chi connectivity index (χ1) is 9.14. The molecular weight excluding hydrogens is 252 g/mol. The minimum atomic E-state index is -0.662. The Hall–Kier alpha value is -0.690. The van der Waals surface area contributed by atoms with Crippen LogP contribution in [0.4, 0.5) is 0 Å². The Morgan fingerprint density at radius 1 is 1.11 bits per heavy atom. The zero-order valence-corrected chi connectivity index (χ0v) is 11.5. The second-order valence-corrected chi connectivity index (χ2v) is 5.06. The number of carbonyl (C=O) groups is 1. The number of esters is 1. The van der Waals surface area contributed by atoms with E-state index in [0.717, 1.165) is 12.8 Å². The molecule has 6 heteroatoms. The van der Waals surface area contributed by atoms with Crippen molar-refractivity contribution in [3.8, 4) is 0 Å². The van der Waals surface area contributed by atoms with Crippen LogP contribution in [0.5, 0.6) is 0 Å². The van der Waals surface area contributed by atoms with Gasteiger partial charge in [-0.2, -0.15) is 0 Å². The van der Waals surface area contributed by atoms with Gasteiger partial charge in [-0.3, -0.25) is 0 Å². The van der Waals surface area contributed by atoms with Crippen LogP contribution in [-0.4, -0.2) is 49.1 Å². The zero-order valence-electron chi connectivity index (χ0n) is 11.5. The Labute approximate surface area is 112 Å². The third kappa shape index (κ3) is 1.89. The van der Waals surface area contributed by atoms with Gasteiger partial charge in [-0.1, -0.05) is 13.8 Å². The van der Waals surface area contributed by atoms with Gasteiger partial charge in [0.2, 0.25) is 0 Å². The molecule has 0 bridgehead atoms. The molecule has 3 rings (SSSR count). The van der Waals surface area contributed by atoms with Crippen molar-refractivity contribution >= 4 is 5.97 Å². The van der Waals surface area contributed by atoms with E-state index < -0.39 is 30.4 Å². The van der Waals surface area contributed by atoms with Crippen molar-refractivity contribution in [2.75, 3.05) is 6.61 Å². The van der Waals surface area contributed by atoms with Gasteiger partial charge in [-0.15, -0.1) is 0 Å². The molecule has 3 aliphatic rings. The Morgan fingerprint density at radius 2 is 1.84 bits per heavy atom. The van der Waals surface area contributed by atoms with E-state index in [0.29, 0.717) is 6.61 Å². The second-order valence-electron chi connectivity index (χ2n) is 5.06. The highest BCUT2D eigenvalue weighted by Crippen LogP contribution is 2.45. The van der Waals surface area contributed by atoms with Crippen molar-refractivity contribution in [1.82, 2.24) is 0 Å². The summed E-state index contributed by atoms with van der Waals surface area (Å²) < 4.78 is 28.4. The normalized spacial score (nSPS) is 43.1. The molecule has 3 saturated heterocycles. The molecule has 6 nitrogen and oxygen atoms in total. The van der Waals surface area contributed by atoms with Crippen LogP contribution >= 0.6 is 0 Å². The Balaban J connectivity index is 1.75. The number of fused-ring (bicyclic) bond motifs is 3. The van der Waals surface area contributed by atoms with E-state index in [2.05, 4.69) is 0 Å². The standard InChI is InChI=1S/C13H20O6/c1-4-13(5-2)18-10-8-7(17-12(10)19-13)9(15-6-3)11(14)16-8/h7-10,12H,4-6H2,1-3H3. The van der Waals surface area contributed by atoms with Gasteiger partial charge in [-0.05, 0) is 19.8 Å². The van der Waals surface area contributed by atoms with Gasteiger partial charge in [0.25, 0.3) is 0 Å². The molecule has 5 atom stereocenters. The van der Waals surface area contributed by atoms with Crippen LogP contribution in [-0.2, 0) is 28.5 Å². The van der Waals surface area contributed by atoms with E-state index in [1.54, 1.807) is 0 Å². The largest absolute Gasteiger partial charge is 0.454 e. The van der Waals surface area contributed by atoms with Crippen LogP contribution in [0.1, 0.15) is 33.6 Å². The topological polar surface area (TPSA) is 63.2 Å². The number of hydrogen-bond donors (Lipinski definition) is 0. The summed E-state index contributed by atoms with van der Waals surface area (Å²) >= 11 is 0. The Morgan fingerprint density at radius 3 is 2.47 bits per heavy atom. The van der Waals surface area contributed by atoms with Crippen LogP contribution < -0.4 is 0 Å². The predicted molar refractivity (Wildman–Crippen MR) is 63.2 cm³/mol. The molecule has 0 saturated carbocycles. The fourth-order valence-electron chi connectivity index (χ4n) is 3.00. The van der Waals surface area contributed by atoms with Gasteiger partial charge in [0, 0.05) is 6.61 Å². The summed E-state index contributed by atoms with van der Waals surface area (Å²) in [6.07, 6.45) is -0.848.